The minimum atomic E-state index is -0.786. The van der Waals surface area contributed by atoms with Gasteiger partial charge >= 0.3 is 11.9 Å². The molecule has 0 aliphatic heterocycles. The molecule has 0 saturated heterocycles. The maximum atomic E-state index is 12.2. The molecule has 0 saturated carbocycles. The van der Waals surface area contributed by atoms with Crippen LogP contribution in [0, 0.1) is 0 Å². The van der Waals surface area contributed by atoms with Crippen LogP contribution in [0.25, 0.3) is 0 Å². The molecular formula is C42H74O5. The molecule has 0 aliphatic rings. The standard InChI is InChI=1S/C42H74O5/c1-3-5-7-9-11-13-15-17-19-20-21-23-25-27-29-31-33-35-37-42(45)47-40(38-43)39-46-41(44)36-34-32-30-28-26-24-22-18-16-14-12-10-8-6-4-2/h6,8,12,14,18,22,26,28,40,43H,3-5,7,9-11,13,15-17,19-21,23-25,27,29-39H2,1-2H3/b8-6-,14-12-,22-18-,28-26-/t40-/m0/s1. The summed E-state index contributed by atoms with van der Waals surface area (Å²) in [6.45, 7) is 3.99. The Bertz CT molecular complexity index is 797. The molecule has 0 fully saturated rings. The van der Waals surface area contributed by atoms with Gasteiger partial charge in [0.05, 0.1) is 6.61 Å². The molecule has 0 aliphatic carbocycles. The summed E-state index contributed by atoms with van der Waals surface area (Å²) in [6, 6.07) is 0. The highest BCUT2D eigenvalue weighted by molar-refractivity contribution is 5.70. The van der Waals surface area contributed by atoms with Crippen LogP contribution in [0.2, 0.25) is 0 Å². The fraction of sp³-hybridized carbons (Fsp3) is 0.762. The third-order valence-electron chi connectivity index (χ3n) is 8.39. The molecule has 0 amide bonds. The van der Waals surface area contributed by atoms with Gasteiger partial charge in [-0.2, -0.15) is 0 Å². The van der Waals surface area contributed by atoms with Crippen molar-refractivity contribution in [2.24, 2.45) is 0 Å². The molecule has 0 rings (SSSR count). The largest absolute Gasteiger partial charge is 0.462 e. The van der Waals surface area contributed by atoms with Crippen molar-refractivity contribution in [1.82, 2.24) is 0 Å². The maximum absolute atomic E-state index is 12.2. The Hall–Kier alpha value is -2.14. The average molecular weight is 659 g/mol. The zero-order chi connectivity index (χ0) is 34.3. The molecule has 272 valence electrons. The van der Waals surface area contributed by atoms with Crippen molar-refractivity contribution in [2.45, 2.75) is 193 Å². The van der Waals surface area contributed by atoms with Gasteiger partial charge in [-0.1, -0.05) is 172 Å². The van der Waals surface area contributed by atoms with Crippen molar-refractivity contribution in [1.29, 1.82) is 0 Å². The Morgan fingerprint density at radius 3 is 1.38 bits per heavy atom. The van der Waals surface area contributed by atoms with E-state index in [0.29, 0.717) is 12.8 Å². The van der Waals surface area contributed by atoms with Crippen LogP contribution in [0.1, 0.15) is 187 Å². The number of aliphatic hydroxyl groups excluding tert-OH is 1. The van der Waals surface area contributed by atoms with Crippen LogP contribution in [0.3, 0.4) is 0 Å². The van der Waals surface area contributed by atoms with E-state index < -0.39 is 6.10 Å². The van der Waals surface area contributed by atoms with E-state index in [1.807, 2.05) is 0 Å². The van der Waals surface area contributed by atoms with Gasteiger partial charge in [-0.3, -0.25) is 9.59 Å². The number of rotatable bonds is 35. The van der Waals surface area contributed by atoms with E-state index in [-0.39, 0.29) is 25.2 Å². The van der Waals surface area contributed by atoms with E-state index in [4.69, 9.17) is 9.47 Å². The molecule has 0 radical (unpaired) electrons. The van der Waals surface area contributed by atoms with Gasteiger partial charge < -0.3 is 14.6 Å². The van der Waals surface area contributed by atoms with E-state index in [0.717, 1.165) is 64.2 Å². The SMILES string of the molecule is CC/C=C\C/C=C\C/C=C\C/C=C\CCCCC(=O)OC[C@H](CO)OC(=O)CCCCCCCCCCCCCCCCCCCC. The summed E-state index contributed by atoms with van der Waals surface area (Å²) in [7, 11) is 0. The number of carbonyl (C=O) groups is 2. The summed E-state index contributed by atoms with van der Waals surface area (Å²) in [5.74, 6) is -0.636. The molecule has 47 heavy (non-hydrogen) atoms. The van der Waals surface area contributed by atoms with E-state index in [1.165, 1.54) is 96.3 Å². The van der Waals surface area contributed by atoms with Gasteiger partial charge in [-0.15, -0.1) is 0 Å². The second-order valence-corrected chi connectivity index (χ2v) is 13.0. The quantitative estimate of drug-likeness (QED) is 0.0417. The van der Waals surface area contributed by atoms with E-state index in [9.17, 15) is 14.7 Å². The van der Waals surface area contributed by atoms with Gasteiger partial charge in [0.1, 0.15) is 6.61 Å². The Balaban J connectivity index is 3.59. The van der Waals surface area contributed by atoms with Gasteiger partial charge in [0.15, 0.2) is 6.10 Å². The second kappa shape index (κ2) is 38.3. The summed E-state index contributed by atoms with van der Waals surface area (Å²) in [6.07, 6.45) is 47.5. The lowest BCUT2D eigenvalue weighted by molar-refractivity contribution is -0.161. The number of hydrogen-bond acceptors (Lipinski definition) is 5. The van der Waals surface area contributed by atoms with Crippen LogP contribution in [0.4, 0.5) is 0 Å². The number of unbranched alkanes of at least 4 members (excludes halogenated alkanes) is 19. The molecule has 0 heterocycles. The Morgan fingerprint density at radius 1 is 0.511 bits per heavy atom. The smallest absolute Gasteiger partial charge is 0.306 e. The predicted octanol–water partition coefficient (Wildman–Crippen LogP) is 12.2. The molecule has 0 aromatic rings. The fourth-order valence-electron chi connectivity index (χ4n) is 5.43. The van der Waals surface area contributed by atoms with Crippen LogP contribution in [0.15, 0.2) is 48.6 Å². The fourth-order valence-corrected chi connectivity index (χ4v) is 5.43. The number of ether oxygens (including phenoxy) is 2. The van der Waals surface area contributed by atoms with Gasteiger partial charge in [0.2, 0.25) is 0 Å². The average Bonchev–Trinajstić information content (AvgIpc) is 3.07. The third kappa shape index (κ3) is 36.5. The normalized spacial score (nSPS) is 12.7. The van der Waals surface area contributed by atoms with Crippen LogP contribution in [-0.2, 0) is 19.1 Å². The first-order valence-corrected chi connectivity index (χ1v) is 19.7. The monoisotopic (exact) mass is 659 g/mol. The predicted molar refractivity (Wildman–Crippen MR) is 200 cm³/mol. The zero-order valence-corrected chi connectivity index (χ0v) is 30.8. The number of hydrogen-bond donors (Lipinski definition) is 1. The highest BCUT2D eigenvalue weighted by Crippen LogP contribution is 2.15. The number of allylic oxidation sites excluding steroid dienone is 8. The van der Waals surface area contributed by atoms with E-state index >= 15 is 0 Å². The highest BCUT2D eigenvalue weighted by atomic mass is 16.6. The van der Waals surface area contributed by atoms with Crippen molar-refractivity contribution >= 4 is 11.9 Å². The van der Waals surface area contributed by atoms with Crippen LogP contribution in [0.5, 0.6) is 0 Å². The lowest BCUT2D eigenvalue weighted by Crippen LogP contribution is -2.28. The third-order valence-corrected chi connectivity index (χ3v) is 8.39. The molecule has 0 spiro atoms. The van der Waals surface area contributed by atoms with Gasteiger partial charge in [0, 0.05) is 12.8 Å². The van der Waals surface area contributed by atoms with Crippen LogP contribution in [-0.4, -0.2) is 36.4 Å². The minimum Gasteiger partial charge on any atom is -0.462 e. The Kier molecular flexibility index (Phi) is 36.6. The lowest BCUT2D eigenvalue weighted by atomic mass is 10.0. The van der Waals surface area contributed by atoms with E-state index in [1.54, 1.807) is 0 Å². The molecule has 5 nitrogen and oxygen atoms in total. The topological polar surface area (TPSA) is 72.8 Å². The van der Waals surface area contributed by atoms with Crippen molar-refractivity contribution in [3.8, 4) is 0 Å². The van der Waals surface area contributed by atoms with Gasteiger partial charge in [-0.25, -0.2) is 0 Å². The van der Waals surface area contributed by atoms with Crippen molar-refractivity contribution in [3.63, 3.8) is 0 Å². The summed E-state index contributed by atoms with van der Waals surface area (Å²) in [5, 5.41) is 9.55. The number of aliphatic hydroxyl groups is 1. The molecule has 0 bridgehead atoms. The van der Waals surface area contributed by atoms with Crippen molar-refractivity contribution in [2.75, 3.05) is 13.2 Å². The maximum Gasteiger partial charge on any atom is 0.306 e. The van der Waals surface area contributed by atoms with Crippen molar-refractivity contribution in [3.05, 3.63) is 48.6 Å². The molecule has 0 aromatic heterocycles. The molecule has 1 atom stereocenters. The number of esters is 2. The van der Waals surface area contributed by atoms with Gasteiger partial charge in [-0.05, 0) is 51.4 Å². The molecular weight excluding hydrogens is 584 g/mol. The van der Waals surface area contributed by atoms with Gasteiger partial charge in [0.25, 0.3) is 0 Å². The first-order valence-electron chi connectivity index (χ1n) is 19.7. The van der Waals surface area contributed by atoms with Crippen LogP contribution >= 0.6 is 0 Å². The molecule has 0 unspecified atom stereocenters. The minimum absolute atomic E-state index is 0.0862. The summed E-state index contributed by atoms with van der Waals surface area (Å²) in [4.78, 5) is 24.2. The lowest BCUT2D eigenvalue weighted by Gasteiger charge is -2.15. The van der Waals surface area contributed by atoms with Crippen molar-refractivity contribution < 1.29 is 24.2 Å². The first-order chi connectivity index (χ1) is 23.1. The summed E-state index contributed by atoms with van der Waals surface area (Å²) >= 11 is 0. The zero-order valence-electron chi connectivity index (χ0n) is 30.8. The Morgan fingerprint density at radius 2 is 0.915 bits per heavy atom. The Labute approximate surface area is 290 Å². The second-order valence-electron chi connectivity index (χ2n) is 13.0. The number of carbonyl (C=O) groups excluding carboxylic acids is 2. The highest BCUT2D eigenvalue weighted by Gasteiger charge is 2.16. The molecule has 1 N–H and O–H groups in total. The summed E-state index contributed by atoms with van der Waals surface area (Å²) in [5.41, 5.74) is 0. The summed E-state index contributed by atoms with van der Waals surface area (Å²) < 4.78 is 10.6. The first kappa shape index (κ1) is 44.9. The van der Waals surface area contributed by atoms with E-state index in [2.05, 4.69) is 62.5 Å². The van der Waals surface area contributed by atoms with Crippen LogP contribution < -0.4 is 0 Å². The molecule has 5 heteroatoms. The molecule has 0 aromatic carbocycles.